The molecule has 0 atom stereocenters. The highest BCUT2D eigenvalue weighted by atomic mass is 16.6. The number of aryl methyl sites for hydroxylation is 1. The molecule has 4 heteroatoms. The summed E-state index contributed by atoms with van der Waals surface area (Å²) in [6, 6.07) is 7.84. The molecule has 0 aliphatic rings. The van der Waals surface area contributed by atoms with E-state index in [0.717, 1.165) is 5.69 Å². The highest BCUT2D eigenvalue weighted by Crippen LogP contribution is 2.07. The third-order valence-corrected chi connectivity index (χ3v) is 2.18. The van der Waals surface area contributed by atoms with Crippen molar-refractivity contribution in [3.63, 3.8) is 0 Å². The number of carbonyl (C=O) groups excluding carboxylic acids is 1. The number of carbonyl (C=O) groups is 1. The molecule has 0 amide bonds. The average Bonchev–Trinajstić information content (AvgIpc) is 2.34. The molecule has 1 aromatic carbocycles. The van der Waals surface area contributed by atoms with Gasteiger partial charge in [0, 0.05) is 12.3 Å². The van der Waals surface area contributed by atoms with Crippen LogP contribution in [0.5, 0.6) is 0 Å². The van der Waals surface area contributed by atoms with Crippen LogP contribution in [0, 0.1) is 6.92 Å². The minimum absolute atomic E-state index is 0.176. The number of nitrogens with one attached hydrogen (secondary N) is 1. The van der Waals surface area contributed by atoms with E-state index >= 15 is 0 Å². The first-order valence-corrected chi connectivity index (χ1v) is 5.76. The second-order valence-corrected chi connectivity index (χ2v) is 3.64. The van der Waals surface area contributed by atoms with Gasteiger partial charge < -0.3 is 14.8 Å². The molecule has 0 saturated carbocycles. The molecule has 0 aliphatic carbocycles. The predicted octanol–water partition coefficient (Wildman–Crippen LogP) is 1.99. The zero-order valence-corrected chi connectivity index (χ0v) is 10.4. The smallest absolute Gasteiger partial charge is 0.325 e. The van der Waals surface area contributed by atoms with Gasteiger partial charge in [-0.15, -0.1) is 0 Å². The number of hydrogen-bond acceptors (Lipinski definition) is 4. The molecule has 0 aromatic heterocycles. The Balaban J connectivity index is 2.17. The summed E-state index contributed by atoms with van der Waals surface area (Å²) in [7, 11) is 0. The van der Waals surface area contributed by atoms with Crippen LogP contribution in [0.1, 0.15) is 12.5 Å². The summed E-state index contributed by atoms with van der Waals surface area (Å²) >= 11 is 0. The Kier molecular flexibility index (Phi) is 6.10. The van der Waals surface area contributed by atoms with Crippen LogP contribution in [0.4, 0.5) is 5.69 Å². The molecule has 0 spiro atoms. The number of rotatable bonds is 7. The fraction of sp³-hybridized carbons (Fsp3) is 0.462. The maximum absolute atomic E-state index is 11.3. The molecule has 0 heterocycles. The SMILES string of the molecule is CCOCCOC(=O)CNc1ccc(C)cc1. The van der Waals surface area contributed by atoms with E-state index in [1.165, 1.54) is 5.56 Å². The van der Waals surface area contributed by atoms with Crippen molar-refractivity contribution in [3.8, 4) is 0 Å². The van der Waals surface area contributed by atoms with Crippen molar-refractivity contribution in [2.45, 2.75) is 13.8 Å². The molecule has 4 nitrogen and oxygen atoms in total. The van der Waals surface area contributed by atoms with Crippen LogP contribution in [0.25, 0.3) is 0 Å². The third kappa shape index (κ3) is 5.92. The molecule has 0 radical (unpaired) electrons. The lowest BCUT2D eigenvalue weighted by molar-refractivity contribution is -0.142. The second kappa shape index (κ2) is 7.68. The summed E-state index contributed by atoms with van der Waals surface area (Å²) in [5, 5.41) is 3.00. The summed E-state index contributed by atoms with van der Waals surface area (Å²) < 4.78 is 10.0. The van der Waals surface area contributed by atoms with Crippen molar-refractivity contribution in [1.29, 1.82) is 0 Å². The Bertz CT molecular complexity index is 335. The van der Waals surface area contributed by atoms with E-state index in [1.807, 2.05) is 38.1 Å². The molecular formula is C13H19NO3. The predicted molar refractivity (Wildman–Crippen MR) is 67.1 cm³/mol. The van der Waals surface area contributed by atoms with E-state index in [-0.39, 0.29) is 12.5 Å². The van der Waals surface area contributed by atoms with Crippen LogP contribution >= 0.6 is 0 Å². The first-order chi connectivity index (χ1) is 8.22. The number of hydrogen-bond donors (Lipinski definition) is 1. The molecule has 0 unspecified atom stereocenters. The Hall–Kier alpha value is -1.55. The first kappa shape index (κ1) is 13.5. The molecule has 0 saturated heterocycles. The molecule has 17 heavy (non-hydrogen) atoms. The molecule has 1 aromatic rings. The fourth-order valence-corrected chi connectivity index (χ4v) is 1.26. The second-order valence-electron chi connectivity index (χ2n) is 3.64. The van der Waals surface area contributed by atoms with Crippen LogP contribution < -0.4 is 5.32 Å². The normalized spacial score (nSPS) is 10.0. The van der Waals surface area contributed by atoms with Gasteiger partial charge >= 0.3 is 5.97 Å². The van der Waals surface area contributed by atoms with Gasteiger partial charge in [0.1, 0.15) is 13.2 Å². The van der Waals surface area contributed by atoms with Crippen LogP contribution in [0.2, 0.25) is 0 Å². The highest BCUT2D eigenvalue weighted by molar-refractivity contribution is 5.74. The molecule has 1 rings (SSSR count). The molecule has 1 N–H and O–H groups in total. The van der Waals surface area contributed by atoms with E-state index in [1.54, 1.807) is 0 Å². The van der Waals surface area contributed by atoms with Gasteiger partial charge in [-0.1, -0.05) is 17.7 Å². The number of ether oxygens (including phenoxy) is 2. The van der Waals surface area contributed by atoms with Crippen molar-refractivity contribution in [1.82, 2.24) is 0 Å². The standard InChI is InChI=1S/C13H19NO3/c1-3-16-8-9-17-13(15)10-14-12-6-4-11(2)5-7-12/h4-7,14H,3,8-10H2,1-2H3. The maximum Gasteiger partial charge on any atom is 0.325 e. The summed E-state index contributed by atoms with van der Waals surface area (Å²) in [4.78, 5) is 11.3. The van der Waals surface area contributed by atoms with Gasteiger partial charge in [0.05, 0.1) is 6.61 Å². The summed E-state index contributed by atoms with van der Waals surface area (Å²) in [6.45, 7) is 5.50. The monoisotopic (exact) mass is 237 g/mol. The van der Waals surface area contributed by atoms with Gasteiger partial charge in [0.15, 0.2) is 0 Å². The van der Waals surface area contributed by atoms with Gasteiger partial charge in [-0.25, -0.2) is 0 Å². The van der Waals surface area contributed by atoms with E-state index in [0.29, 0.717) is 19.8 Å². The zero-order chi connectivity index (χ0) is 12.5. The van der Waals surface area contributed by atoms with E-state index < -0.39 is 0 Å². The van der Waals surface area contributed by atoms with E-state index in [9.17, 15) is 4.79 Å². The van der Waals surface area contributed by atoms with E-state index in [2.05, 4.69) is 5.32 Å². The van der Waals surface area contributed by atoms with Gasteiger partial charge in [0.2, 0.25) is 0 Å². The van der Waals surface area contributed by atoms with Gasteiger partial charge in [-0.2, -0.15) is 0 Å². The van der Waals surface area contributed by atoms with Gasteiger partial charge in [0.25, 0.3) is 0 Å². The largest absolute Gasteiger partial charge is 0.462 e. The maximum atomic E-state index is 11.3. The lowest BCUT2D eigenvalue weighted by Gasteiger charge is -2.07. The Morgan fingerprint density at radius 2 is 1.94 bits per heavy atom. The average molecular weight is 237 g/mol. The Morgan fingerprint density at radius 1 is 1.24 bits per heavy atom. The van der Waals surface area contributed by atoms with Crippen molar-refractivity contribution >= 4 is 11.7 Å². The zero-order valence-electron chi connectivity index (χ0n) is 10.4. The van der Waals surface area contributed by atoms with Crippen molar-refractivity contribution in [2.24, 2.45) is 0 Å². The highest BCUT2D eigenvalue weighted by Gasteiger charge is 2.01. The lowest BCUT2D eigenvalue weighted by Crippen LogP contribution is -2.19. The number of anilines is 1. The molecule has 0 bridgehead atoms. The quantitative estimate of drug-likeness (QED) is 0.582. The minimum Gasteiger partial charge on any atom is -0.462 e. The van der Waals surface area contributed by atoms with Crippen molar-refractivity contribution in [3.05, 3.63) is 29.8 Å². The fourth-order valence-electron chi connectivity index (χ4n) is 1.26. The van der Waals surface area contributed by atoms with Crippen molar-refractivity contribution < 1.29 is 14.3 Å². The minimum atomic E-state index is -0.273. The number of benzene rings is 1. The molecule has 94 valence electrons. The topological polar surface area (TPSA) is 47.6 Å². The van der Waals surface area contributed by atoms with E-state index in [4.69, 9.17) is 9.47 Å². The van der Waals surface area contributed by atoms with Crippen molar-refractivity contribution in [2.75, 3.05) is 31.7 Å². The van der Waals surface area contributed by atoms with Crippen LogP contribution in [-0.2, 0) is 14.3 Å². The first-order valence-electron chi connectivity index (χ1n) is 5.76. The Labute approximate surface area is 102 Å². The summed E-state index contributed by atoms with van der Waals surface area (Å²) in [6.07, 6.45) is 0. The Morgan fingerprint density at radius 3 is 2.59 bits per heavy atom. The van der Waals surface area contributed by atoms with Crippen LogP contribution in [-0.4, -0.2) is 32.3 Å². The third-order valence-electron chi connectivity index (χ3n) is 2.18. The number of esters is 1. The van der Waals surface area contributed by atoms with Crippen LogP contribution in [0.3, 0.4) is 0 Å². The summed E-state index contributed by atoms with van der Waals surface area (Å²) in [5.74, 6) is -0.273. The van der Waals surface area contributed by atoms with Gasteiger partial charge in [-0.05, 0) is 26.0 Å². The molecule has 0 aliphatic heterocycles. The molecular weight excluding hydrogens is 218 g/mol. The van der Waals surface area contributed by atoms with Gasteiger partial charge in [-0.3, -0.25) is 4.79 Å². The lowest BCUT2D eigenvalue weighted by atomic mass is 10.2. The molecule has 0 fully saturated rings. The summed E-state index contributed by atoms with van der Waals surface area (Å²) in [5.41, 5.74) is 2.10. The van der Waals surface area contributed by atoms with Crippen LogP contribution in [0.15, 0.2) is 24.3 Å².